The van der Waals surface area contributed by atoms with Gasteiger partial charge in [-0.15, -0.1) is 0 Å². The third kappa shape index (κ3) is 6.85. The quantitative estimate of drug-likeness (QED) is 0.448. The maximum Gasteiger partial charge on any atom is 0.407 e. The number of alkyl carbamates (subject to hydrolysis) is 1. The monoisotopic (exact) mass is 448 g/mol. The van der Waals surface area contributed by atoms with Crippen molar-refractivity contribution in [3.05, 3.63) is 23.8 Å². The number of nitrogens with zero attached hydrogens (tertiary/aromatic N) is 1. The van der Waals surface area contributed by atoms with E-state index in [1.54, 1.807) is 66.7 Å². The Bertz CT molecular complexity index is 885. The number of aliphatic imine (C=N–C) groups is 1. The largest absolute Gasteiger partial charge is 0.481 e. The van der Waals surface area contributed by atoms with Crippen LogP contribution in [0.15, 0.2) is 23.2 Å². The number of carbonyl (C=O) groups excluding carboxylic acids is 2. The number of benzene rings is 1. The summed E-state index contributed by atoms with van der Waals surface area (Å²) in [7, 11) is 0. The van der Waals surface area contributed by atoms with Crippen LogP contribution in [0, 0.1) is 0 Å². The van der Waals surface area contributed by atoms with Crippen LogP contribution in [0.2, 0.25) is 0 Å². The van der Waals surface area contributed by atoms with Crippen LogP contribution < -0.4 is 21.5 Å². The lowest BCUT2D eigenvalue weighted by atomic mass is 9.85. The molecule has 0 fully saturated rings. The minimum atomic E-state index is -1.45. The molecule has 1 aromatic rings. The molecule has 2 rings (SSSR count). The predicted molar refractivity (Wildman–Crippen MR) is 123 cm³/mol. The van der Waals surface area contributed by atoms with Crippen molar-refractivity contribution in [1.82, 2.24) is 5.32 Å². The summed E-state index contributed by atoms with van der Waals surface area (Å²) in [6, 6.07) is 5.15. The number of rotatable bonds is 6. The summed E-state index contributed by atoms with van der Waals surface area (Å²) in [5.41, 5.74) is 10.8. The lowest BCUT2D eigenvalue weighted by molar-refractivity contribution is -0.162. The molecule has 0 bridgehead atoms. The summed E-state index contributed by atoms with van der Waals surface area (Å²) in [4.78, 5) is 29.4. The highest BCUT2D eigenvalue weighted by Gasteiger charge is 2.40. The highest BCUT2D eigenvalue weighted by molar-refractivity contribution is 5.90. The van der Waals surface area contributed by atoms with Gasteiger partial charge in [0.2, 0.25) is 0 Å². The van der Waals surface area contributed by atoms with Gasteiger partial charge in [-0.3, -0.25) is 0 Å². The molecule has 1 heterocycles. The number of amidine groups is 1. The van der Waals surface area contributed by atoms with Crippen molar-refractivity contribution in [2.24, 2.45) is 16.5 Å². The van der Waals surface area contributed by atoms with Crippen molar-refractivity contribution in [2.75, 3.05) is 6.54 Å². The van der Waals surface area contributed by atoms with Crippen LogP contribution in [-0.4, -0.2) is 41.7 Å². The van der Waals surface area contributed by atoms with E-state index in [2.05, 4.69) is 10.3 Å². The van der Waals surface area contributed by atoms with Gasteiger partial charge in [0.1, 0.15) is 34.0 Å². The molecule has 1 aliphatic heterocycles. The van der Waals surface area contributed by atoms with Gasteiger partial charge in [0.15, 0.2) is 6.10 Å². The van der Waals surface area contributed by atoms with E-state index < -0.39 is 28.8 Å². The molecule has 0 radical (unpaired) electrons. The average molecular weight is 449 g/mol. The number of nitrogens with two attached hydrogens (primary N) is 2. The summed E-state index contributed by atoms with van der Waals surface area (Å²) in [6.07, 6.45) is -0.208. The molecule has 2 unspecified atom stereocenters. The van der Waals surface area contributed by atoms with E-state index in [0.29, 0.717) is 29.3 Å². The Balaban J connectivity index is 2.22. The van der Waals surface area contributed by atoms with Gasteiger partial charge >= 0.3 is 12.1 Å². The second-order valence-corrected chi connectivity index (χ2v) is 9.98. The second-order valence-electron chi connectivity index (χ2n) is 9.98. The number of ether oxygens (including phenoxy) is 3. The van der Waals surface area contributed by atoms with E-state index in [-0.39, 0.29) is 19.1 Å². The third-order valence-electron chi connectivity index (χ3n) is 4.62. The van der Waals surface area contributed by atoms with E-state index >= 15 is 0 Å². The van der Waals surface area contributed by atoms with E-state index in [4.69, 9.17) is 25.7 Å². The van der Waals surface area contributed by atoms with E-state index in [0.717, 1.165) is 0 Å². The Morgan fingerprint density at radius 2 is 1.75 bits per heavy atom. The van der Waals surface area contributed by atoms with Crippen LogP contribution in [-0.2, 0) is 19.8 Å². The summed E-state index contributed by atoms with van der Waals surface area (Å²) in [6.45, 7) is 12.8. The Morgan fingerprint density at radius 1 is 1.12 bits per heavy atom. The molecule has 0 aliphatic carbocycles. The Labute approximate surface area is 189 Å². The van der Waals surface area contributed by atoms with Gasteiger partial charge in [0.05, 0.1) is 0 Å². The predicted octanol–water partition coefficient (Wildman–Crippen LogP) is 3.26. The summed E-state index contributed by atoms with van der Waals surface area (Å²) in [5, 5.41) is 2.68. The number of fused-ring (bicyclic) bond motifs is 1. The normalized spacial score (nSPS) is 17.9. The number of nitrogens with one attached hydrogen (secondary N) is 1. The summed E-state index contributed by atoms with van der Waals surface area (Å²) >= 11 is 0. The smallest absolute Gasteiger partial charge is 0.407 e. The van der Waals surface area contributed by atoms with Crippen molar-refractivity contribution >= 4 is 23.6 Å². The van der Waals surface area contributed by atoms with Gasteiger partial charge in [0.25, 0.3) is 0 Å². The molecule has 0 spiro atoms. The van der Waals surface area contributed by atoms with Crippen LogP contribution in [0.5, 0.6) is 5.75 Å². The molecule has 2 atom stereocenters. The van der Waals surface area contributed by atoms with Gasteiger partial charge in [-0.1, -0.05) is 6.07 Å². The van der Waals surface area contributed by atoms with Crippen LogP contribution in [0.3, 0.4) is 0 Å². The number of amides is 1. The topological polar surface area (TPSA) is 138 Å². The molecule has 9 nitrogen and oxygen atoms in total. The van der Waals surface area contributed by atoms with Gasteiger partial charge in [0, 0.05) is 6.54 Å². The Kier molecular flexibility index (Phi) is 7.44. The van der Waals surface area contributed by atoms with Crippen molar-refractivity contribution in [3.8, 4) is 5.75 Å². The summed E-state index contributed by atoms with van der Waals surface area (Å²) < 4.78 is 16.6. The zero-order valence-corrected chi connectivity index (χ0v) is 20.1. The first-order valence-corrected chi connectivity index (χ1v) is 10.8. The maximum absolute atomic E-state index is 13.1. The molecular formula is C23H36N4O5. The van der Waals surface area contributed by atoms with Crippen LogP contribution in [0.1, 0.15) is 66.9 Å². The first-order valence-electron chi connectivity index (χ1n) is 10.8. The molecule has 5 N–H and O–H groups in total. The van der Waals surface area contributed by atoms with Crippen LogP contribution in [0.4, 0.5) is 10.5 Å². The summed E-state index contributed by atoms with van der Waals surface area (Å²) in [5.74, 6) is 0.342. The number of carbonyl (C=O) groups is 2. The van der Waals surface area contributed by atoms with Gasteiger partial charge in [-0.2, -0.15) is 0 Å². The Morgan fingerprint density at radius 3 is 2.34 bits per heavy atom. The van der Waals surface area contributed by atoms with Crippen LogP contribution in [0.25, 0.3) is 0 Å². The minimum absolute atomic E-state index is 0.229. The first kappa shape index (κ1) is 25.5. The maximum atomic E-state index is 13.1. The number of hydrogen-bond acceptors (Lipinski definition) is 8. The highest BCUT2D eigenvalue weighted by atomic mass is 16.6. The first-order chi connectivity index (χ1) is 14.6. The van der Waals surface area contributed by atoms with Crippen molar-refractivity contribution in [1.29, 1.82) is 0 Å². The molecule has 0 saturated carbocycles. The molecule has 9 heteroatoms. The molecule has 178 valence electrons. The van der Waals surface area contributed by atoms with E-state index in [1.165, 1.54) is 0 Å². The Hall–Kier alpha value is -2.81. The van der Waals surface area contributed by atoms with Crippen molar-refractivity contribution < 1.29 is 23.8 Å². The van der Waals surface area contributed by atoms with E-state index in [1.807, 2.05) is 0 Å². The lowest BCUT2D eigenvalue weighted by Crippen LogP contribution is -2.49. The average Bonchev–Trinajstić information content (AvgIpc) is 2.62. The number of hydrogen-bond donors (Lipinski definition) is 3. The van der Waals surface area contributed by atoms with Gasteiger partial charge < -0.3 is 31.0 Å². The number of esters is 1. The van der Waals surface area contributed by atoms with Gasteiger partial charge in [-0.25, -0.2) is 14.6 Å². The molecule has 1 amide bonds. The third-order valence-corrected chi connectivity index (χ3v) is 4.62. The van der Waals surface area contributed by atoms with Crippen molar-refractivity contribution in [2.45, 2.75) is 84.2 Å². The van der Waals surface area contributed by atoms with Crippen LogP contribution >= 0.6 is 0 Å². The lowest BCUT2D eigenvalue weighted by Gasteiger charge is -2.32. The zero-order valence-electron chi connectivity index (χ0n) is 20.1. The molecular weight excluding hydrogens is 412 g/mol. The fourth-order valence-corrected chi connectivity index (χ4v) is 3.07. The minimum Gasteiger partial charge on any atom is -0.481 e. The SMILES string of the molecule is CC1Oc2ccc(C(N)(CCCNC(=O)OC(C)(C)C)C(=O)OC(C)(C)C)cc2N=C1N. The highest BCUT2D eigenvalue weighted by Crippen LogP contribution is 2.37. The fourth-order valence-electron chi connectivity index (χ4n) is 3.07. The molecule has 1 aromatic carbocycles. The van der Waals surface area contributed by atoms with Gasteiger partial charge in [-0.05, 0) is 79.0 Å². The van der Waals surface area contributed by atoms with E-state index in [9.17, 15) is 9.59 Å². The molecule has 32 heavy (non-hydrogen) atoms. The van der Waals surface area contributed by atoms with Crippen molar-refractivity contribution in [3.63, 3.8) is 0 Å². The standard InChI is InChI=1S/C23H36N4O5/c1-14-18(24)27-16-13-15(9-10-17(16)30-14)23(25,19(28)31-21(2,3)4)11-8-12-26-20(29)32-22(5,6)7/h9-10,13-14H,8,11-12,25H2,1-7H3,(H2,24,27)(H,26,29). The fraction of sp³-hybridized carbons (Fsp3) is 0.609. The molecule has 0 saturated heterocycles. The molecule has 0 aromatic heterocycles. The zero-order chi connectivity index (χ0) is 24.3. The molecule has 1 aliphatic rings. The second kappa shape index (κ2) is 9.36.